The van der Waals surface area contributed by atoms with E-state index in [1.807, 2.05) is 18.2 Å². The van der Waals surface area contributed by atoms with Crippen molar-refractivity contribution in [2.75, 3.05) is 13.2 Å². The average molecular weight is 387 g/mol. The van der Waals surface area contributed by atoms with Gasteiger partial charge in [-0.2, -0.15) is 0 Å². The lowest BCUT2D eigenvalue weighted by Gasteiger charge is -2.25. The van der Waals surface area contributed by atoms with Crippen molar-refractivity contribution in [2.45, 2.75) is 62.5 Å². The second-order valence-electron chi connectivity index (χ2n) is 7.45. The van der Waals surface area contributed by atoms with Crippen molar-refractivity contribution in [2.24, 2.45) is 17.8 Å². The Balaban J connectivity index is 1.84. The van der Waals surface area contributed by atoms with Crippen LogP contribution in [0.4, 0.5) is 0 Å². The number of carboxylic acid groups (broad SMARTS) is 1. The first-order chi connectivity index (χ1) is 12.5. The summed E-state index contributed by atoms with van der Waals surface area (Å²) < 4.78 is 4.96. The topological polar surface area (TPSA) is 87.0 Å². The third-order valence-electron chi connectivity index (χ3n) is 5.55. The molecule has 0 unspecified atom stereocenters. The number of ether oxygens (including phenoxy) is 1. The summed E-state index contributed by atoms with van der Waals surface area (Å²) in [5.41, 5.74) is 0. The Labute approximate surface area is 160 Å². The molecule has 0 aromatic carbocycles. The van der Waals surface area contributed by atoms with Gasteiger partial charge in [-0.15, -0.1) is 11.6 Å². The molecule has 2 aliphatic carbocycles. The number of rotatable bonds is 9. The van der Waals surface area contributed by atoms with Crippen LogP contribution >= 0.6 is 11.6 Å². The van der Waals surface area contributed by atoms with E-state index >= 15 is 0 Å². The average Bonchev–Trinajstić information content (AvgIpc) is 2.89. The first-order valence-corrected chi connectivity index (χ1v) is 10.1. The molecule has 2 aliphatic rings. The number of carbonyl (C=O) groups is 1. The van der Waals surface area contributed by atoms with Gasteiger partial charge in [0.2, 0.25) is 0 Å². The van der Waals surface area contributed by atoms with Crippen LogP contribution < -0.4 is 0 Å². The lowest BCUT2D eigenvalue weighted by Crippen LogP contribution is -2.23. The SMILES string of the molecule is O=C(O)COCC=CC[C@@H]1[C@@H](C=C[C@@H](O)C2CCCCC2)[C@H](O)C[C@H]1Cl. The zero-order valence-corrected chi connectivity index (χ0v) is 15.9. The molecule has 0 aromatic rings. The summed E-state index contributed by atoms with van der Waals surface area (Å²) in [6, 6.07) is 0. The van der Waals surface area contributed by atoms with Crippen molar-refractivity contribution in [1.82, 2.24) is 0 Å². The summed E-state index contributed by atoms with van der Waals surface area (Å²) in [5.74, 6) is -0.632. The van der Waals surface area contributed by atoms with Crippen molar-refractivity contribution in [1.29, 1.82) is 0 Å². The van der Waals surface area contributed by atoms with Gasteiger partial charge in [0.1, 0.15) is 6.61 Å². The van der Waals surface area contributed by atoms with Crippen LogP contribution in [0, 0.1) is 17.8 Å². The van der Waals surface area contributed by atoms with E-state index in [0.29, 0.717) is 18.8 Å². The Bertz CT molecular complexity index is 487. The molecular formula is C20H31ClO5. The van der Waals surface area contributed by atoms with Gasteiger partial charge in [-0.25, -0.2) is 4.79 Å². The number of hydrogen-bond acceptors (Lipinski definition) is 4. The Morgan fingerprint density at radius 2 is 1.96 bits per heavy atom. The number of aliphatic hydroxyl groups excluding tert-OH is 2. The van der Waals surface area contributed by atoms with E-state index in [9.17, 15) is 15.0 Å². The molecule has 0 aliphatic heterocycles. The van der Waals surface area contributed by atoms with E-state index in [-0.39, 0.29) is 30.4 Å². The number of hydrogen-bond donors (Lipinski definition) is 3. The maximum atomic E-state index is 10.4. The molecule has 0 spiro atoms. The molecule has 0 bridgehead atoms. The molecule has 5 atom stereocenters. The Kier molecular flexibility index (Phi) is 9.12. The van der Waals surface area contributed by atoms with Gasteiger partial charge in [0.25, 0.3) is 0 Å². The molecule has 2 saturated carbocycles. The van der Waals surface area contributed by atoms with Crippen LogP contribution in [-0.2, 0) is 9.53 Å². The van der Waals surface area contributed by atoms with E-state index in [1.54, 1.807) is 6.08 Å². The molecule has 0 saturated heterocycles. The normalized spacial score (nSPS) is 31.8. The monoisotopic (exact) mass is 386 g/mol. The minimum absolute atomic E-state index is 0.0691. The molecular weight excluding hydrogens is 356 g/mol. The first kappa shape index (κ1) is 21.4. The van der Waals surface area contributed by atoms with Crippen LogP contribution in [-0.4, -0.2) is 52.1 Å². The summed E-state index contributed by atoms with van der Waals surface area (Å²) in [5, 5.41) is 29.1. The third kappa shape index (κ3) is 6.69. The van der Waals surface area contributed by atoms with Crippen LogP contribution in [0.5, 0.6) is 0 Å². The zero-order chi connectivity index (χ0) is 18.9. The molecule has 0 amide bonds. The predicted molar refractivity (Wildman–Crippen MR) is 101 cm³/mol. The largest absolute Gasteiger partial charge is 0.480 e. The maximum Gasteiger partial charge on any atom is 0.329 e. The molecule has 3 N–H and O–H groups in total. The number of aliphatic hydroxyl groups is 2. The Morgan fingerprint density at radius 1 is 1.23 bits per heavy atom. The minimum Gasteiger partial charge on any atom is -0.480 e. The standard InChI is InChI=1S/C20H31ClO5/c21-17-12-19(23)16(9-10-18(22)14-6-2-1-3-7-14)15(17)8-4-5-11-26-13-20(24)25/h4-5,9-10,14-19,22-23H,1-3,6-8,11-13H2,(H,24,25)/t15-,16-,17-,18-,19-/m1/s1. The molecule has 0 radical (unpaired) electrons. The van der Waals surface area contributed by atoms with E-state index in [0.717, 1.165) is 12.8 Å². The zero-order valence-electron chi connectivity index (χ0n) is 15.2. The van der Waals surface area contributed by atoms with E-state index in [2.05, 4.69) is 0 Å². The van der Waals surface area contributed by atoms with Crippen molar-refractivity contribution in [3.05, 3.63) is 24.3 Å². The highest BCUT2D eigenvalue weighted by molar-refractivity contribution is 6.21. The molecule has 148 valence electrons. The van der Waals surface area contributed by atoms with Crippen molar-refractivity contribution >= 4 is 17.6 Å². The van der Waals surface area contributed by atoms with Gasteiger partial charge in [0.05, 0.1) is 18.8 Å². The highest BCUT2D eigenvalue weighted by Gasteiger charge is 2.39. The lowest BCUT2D eigenvalue weighted by molar-refractivity contribution is -0.141. The number of carboxylic acids is 1. The van der Waals surface area contributed by atoms with E-state index in [4.69, 9.17) is 21.4 Å². The molecule has 0 heterocycles. The molecule has 26 heavy (non-hydrogen) atoms. The third-order valence-corrected chi connectivity index (χ3v) is 6.05. The second kappa shape index (κ2) is 11.1. The van der Waals surface area contributed by atoms with Crippen LogP contribution in [0.3, 0.4) is 0 Å². The number of alkyl halides is 1. The second-order valence-corrected chi connectivity index (χ2v) is 8.01. The van der Waals surface area contributed by atoms with Crippen molar-refractivity contribution in [3.8, 4) is 0 Å². The molecule has 0 aromatic heterocycles. The molecule has 6 heteroatoms. The van der Waals surface area contributed by atoms with Gasteiger partial charge < -0.3 is 20.1 Å². The minimum atomic E-state index is -0.986. The first-order valence-electron chi connectivity index (χ1n) is 9.62. The smallest absolute Gasteiger partial charge is 0.329 e. The van der Waals surface area contributed by atoms with E-state index in [1.165, 1.54) is 19.3 Å². The summed E-state index contributed by atoms with van der Waals surface area (Å²) in [6.07, 6.45) is 13.6. The fourth-order valence-electron chi connectivity index (χ4n) is 4.08. The Morgan fingerprint density at radius 3 is 2.65 bits per heavy atom. The van der Waals surface area contributed by atoms with Gasteiger partial charge in [-0.05, 0) is 37.5 Å². The molecule has 2 fully saturated rings. The van der Waals surface area contributed by atoms with E-state index < -0.39 is 18.2 Å². The van der Waals surface area contributed by atoms with Crippen LogP contribution in [0.2, 0.25) is 0 Å². The van der Waals surface area contributed by atoms with Gasteiger partial charge >= 0.3 is 5.97 Å². The number of aliphatic carboxylic acids is 1. The number of halogens is 1. The number of allylic oxidation sites excluding steroid dienone is 1. The predicted octanol–water partition coefficient (Wildman–Crippen LogP) is 3.14. The maximum absolute atomic E-state index is 10.4. The highest BCUT2D eigenvalue weighted by atomic mass is 35.5. The fourth-order valence-corrected chi connectivity index (χ4v) is 4.53. The summed E-state index contributed by atoms with van der Waals surface area (Å²) in [6.45, 7) is -0.0650. The lowest BCUT2D eigenvalue weighted by atomic mass is 9.84. The quantitative estimate of drug-likeness (QED) is 0.322. The summed E-state index contributed by atoms with van der Waals surface area (Å²) in [4.78, 5) is 10.4. The molecule has 2 rings (SSSR count). The van der Waals surface area contributed by atoms with Crippen LogP contribution in [0.15, 0.2) is 24.3 Å². The van der Waals surface area contributed by atoms with Crippen LogP contribution in [0.25, 0.3) is 0 Å². The summed E-state index contributed by atoms with van der Waals surface area (Å²) >= 11 is 6.41. The van der Waals surface area contributed by atoms with Crippen LogP contribution in [0.1, 0.15) is 44.9 Å². The van der Waals surface area contributed by atoms with Gasteiger partial charge in [-0.3, -0.25) is 0 Å². The summed E-state index contributed by atoms with van der Waals surface area (Å²) in [7, 11) is 0. The highest BCUT2D eigenvalue weighted by Crippen LogP contribution is 2.39. The fraction of sp³-hybridized carbons (Fsp3) is 0.750. The van der Waals surface area contributed by atoms with Gasteiger partial charge in [0, 0.05) is 11.3 Å². The Hall–Kier alpha value is -0.880. The molecule has 5 nitrogen and oxygen atoms in total. The van der Waals surface area contributed by atoms with Gasteiger partial charge in [-0.1, -0.05) is 43.6 Å². The van der Waals surface area contributed by atoms with Gasteiger partial charge in [0.15, 0.2) is 0 Å². The van der Waals surface area contributed by atoms with Crippen molar-refractivity contribution in [3.63, 3.8) is 0 Å². The van der Waals surface area contributed by atoms with Crippen molar-refractivity contribution < 1.29 is 24.9 Å².